The molecule has 1 aliphatic heterocycles. The van der Waals surface area contributed by atoms with Crippen LogP contribution in [-0.4, -0.2) is 40.6 Å². The minimum Gasteiger partial charge on any atom is -0.444 e. The summed E-state index contributed by atoms with van der Waals surface area (Å²) in [5.41, 5.74) is -0.0331. The third kappa shape index (κ3) is 3.80. The Morgan fingerprint density at radius 1 is 1.07 bits per heavy atom. The molecule has 29 heavy (non-hydrogen) atoms. The molecule has 6 heteroatoms. The second kappa shape index (κ2) is 6.71. The lowest BCUT2D eigenvalue weighted by molar-refractivity contribution is -0.125. The van der Waals surface area contributed by atoms with E-state index in [0.29, 0.717) is 13.1 Å². The molecular weight excluding hydrogens is 366 g/mol. The summed E-state index contributed by atoms with van der Waals surface area (Å²) in [6.45, 7) is 10.8. The zero-order valence-electron chi connectivity index (χ0n) is 17.7. The largest absolute Gasteiger partial charge is 0.444 e. The monoisotopic (exact) mass is 395 g/mol. The standard InChI is InChI=1S/C23H29N3O3/c1-22(2,3)29-21(28)26-12-16-17(13-26)19(16)20(27)25-23(4,5)18-11-24-10-14-8-6-7-9-15(14)18/h6-11,16-17,19H,12-13H2,1-5H3,(H,25,27)/t16-,17+,19+. The zero-order chi connectivity index (χ0) is 21.0. The average molecular weight is 396 g/mol. The number of likely N-dealkylation sites (tertiary alicyclic amines) is 1. The first-order chi connectivity index (χ1) is 13.6. The zero-order valence-corrected chi connectivity index (χ0v) is 17.7. The highest BCUT2D eigenvalue weighted by atomic mass is 16.6. The van der Waals surface area contributed by atoms with Gasteiger partial charge in [0, 0.05) is 42.4 Å². The molecule has 0 spiro atoms. The molecule has 6 nitrogen and oxygen atoms in total. The topological polar surface area (TPSA) is 71.5 Å². The van der Waals surface area contributed by atoms with Gasteiger partial charge in [0.05, 0.1) is 5.54 Å². The number of fused-ring (bicyclic) bond motifs is 2. The van der Waals surface area contributed by atoms with Crippen LogP contribution < -0.4 is 5.32 Å². The Hall–Kier alpha value is -2.63. The molecule has 4 rings (SSSR count). The smallest absolute Gasteiger partial charge is 0.410 e. The van der Waals surface area contributed by atoms with Crippen LogP contribution in [-0.2, 0) is 15.1 Å². The number of benzene rings is 1. The lowest BCUT2D eigenvalue weighted by Gasteiger charge is -2.29. The SMILES string of the molecule is CC(C)(C)OC(=O)N1C[C@@H]2[C@H](C1)[C@H]2C(=O)NC(C)(C)c1cncc2ccccc12. The van der Waals surface area contributed by atoms with Gasteiger partial charge in [-0.25, -0.2) is 4.79 Å². The average Bonchev–Trinajstić information content (AvgIpc) is 3.13. The van der Waals surface area contributed by atoms with Gasteiger partial charge in [0.1, 0.15) is 5.60 Å². The first-order valence-electron chi connectivity index (χ1n) is 10.2. The van der Waals surface area contributed by atoms with Crippen LogP contribution in [0.2, 0.25) is 0 Å². The fourth-order valence-corrected chi connectivity index (χ4v) is 4.46. The number of rotatable bonds is 3. The lowest BCUT2D eigenvalue weighted by Crippen LogP contribution is -2.44. The molecule has 1 aromatic heterocycles. The molecule has 3 atom stereocenters. The van der Waals surface area contributed by atoms with E-state index in [1.807, 2.05) is 65.2 Å². The van der Waals surface area contributed by atoms with Crippen molar-refractivity contribution >= 4 is 22.8 Å². The third-order valence-corrected chi connectivity index (χ3v) is 5.93. The molecule has 2 aromatic rings. The van der Waals surface area contributed by atoms with Crippen molar-refractivity contribution in [2.45, 2.75) is 45.8 Å². The molecule has 1 aromatic carbocycles. The van der Waals surface area contributed by atoms with Crippen molar-refractivity contribution in [2.75, 3.05) is 13.1 Å². The first-order valence-corrected chi connectivity index (χ1v) is 10.2. The van der Waals surface area contributed by atoms with Gasteiger partial charge < -0.3 is 15.0 Å². The number of pyridine rings is 1. The second-order valence-electron chi connectivity index (χ2n) is 9.76. The maximum atomic E-state index is 13.0. The number of ether oxygens (including phenoxy) is 1. The summed E-state index contributed by atoms with van der Waals surface area (Å²) in [5, 5.41) is 5.38. The quantitative estimate of drug-likeness (QED) is 0.860. The van der Waals surface area contributed by atoms with E-state index in [-0.39, 0.29) is 29.8 Å². The number of hydrogen-bond acceptors (Lipinski definition) is 4. The fourth-order valence-electron chi connectivity index (χ4n) is 4.46. The van der Waals surface area contributed by atoms with Crippen LogP contribution in [0.4, 0.5) is 4.79 Å². The Morgan fingerprint density at radius 3 is 2.38 bits per heavy atom. The summed E-state index contributed by atoms with van der Waals surface area (Å²) in [6.07, 6.45) is 3.39. The molecule has 154 valence electrons. The van der Waals surface area contributed by atoms with Crippen LogP contribution in [0.25, 0.3) is 10.8 Å². The van der Waals surface area contributed by atoms with E-state index in [0.717, 1.165) is 16.3 Å². The van der Waals surface area contributed by atoms with Crippen LogP contribution in [0.3, 0.4) is 0 Å². The summed E-state index contributed by atoms with van der Waals surface area (Å²) in [5.74, 6) is 0.477. The van der Waals surface area contributed by atoms with Gasteiger partial charge >= 0.3 is 6.09 Å². The summed E-state index contributed by atoms with van der Waals surface area (Å²) in [4.78, 5) is 31.3. The molecule has 0 bridgehead atoms. The highest BCUT2D eigenvalue weighted by Crippen LogP contribution is 2.52. The predicted molar refractivity (Wildman–Crippen MR) is 111 cm³/mol. The van der Waals surface area contributed by atoms with Crippen molar-refractivity contribution in [3.8, 4) is 0 Å². The summed E-state index contributed by atoms with van der Waals surface area (Å²) in [7, 11) is 0. The first kappa shape index (κ1) is 19.7. The minimum atomic E-state index is -0.535. The van der Waals surface area contributed by atoms with Crippen LogP contribution >= 0.6 is 0 Å². The maximum absolute atomic E-state index is 13.0. The van der Waals surface area contributed by atoms with E-state index in [2.05, 4.69) is 16.4 Å². The van der Waals surface area contributed by atoms with Gasteiger partial charge in [-0.1, -0.05) is 24.3 Å². The molecule has 1 N–H and O–H groups in total. The molecule has 2 aliphatic rings. The molecule has 1 saturated carbocycles. The Morgan fingerprint density at radius 2 is 1.72 bits per heavy atom. The molecule has 2 fully saturated rings. The van der Waals surface area contributed by atoms with Gasteiger partial charge in [-0.15, -0.1) is 0 Å². The number of piperidine rings is 1. The second-order valence-corrected chi connectivity index (χ2v) is 9.76. The van der Waals surface area contributed by atoms with E-state index < -0.39 is 11.1 Å². The maximum Gasteiger partial charge on any atom is 0.410 e. The van der Waals surface area contributed by atoms with Crippen molar-refractivity contribution in [3.63, 3.8) is 0 Å². The normalized spacial score (nSPS) is 23.6. The summed E-state index contributed by atoms with van der Waals surface area (Å²) >= 11 is 0. The number of amides is 2. The number of carbonyl (C=O) groups excluding carboxylic acids is 2. The molecule has 0 radical (unpaired) electrons. The van der Waals surface area contributed by atoms with Crippen molar-refractivity contribution in [1.82, 2.24) is 15.2 Å². The van der Waals surface area contributed by atoms with Crippen molar-refractivity contribution in [2.24, 2.45) is 17.8 Å². The highest BCUT2D eigenvalue weighted by molar-refractivity contribution is 5.88. The van der Waals surface area contributed by atoms with Crippen LogP contribution in [0.1, 0.15) is 40.2 Å². The number of carbonyl (C=O) groups is 2. The highest BCUT2D eigenvalue weighted by Gasteiger charge is 2.61. The van der Waals surface area contributed by atoms with Crippen LogP contribution in [0.15, 0.2) is 36.7 Å². The van der Waals surface area contributed by atoms with E-state index >= 15 is 0 Å². The Bertz CT molecular complexity index is 946. The van der Waals surface area contributed by atoms with Gasteiger partial charge in [0.25, 0.3) is 0 Å². The van der Waals surface area contributed by atoms with Crippen molar-refractivity contribution < 1.29 is 14.3 Å². The van der Waals surface area contributed by atoms with E-state index in [9.17, 15) is 9.59 Å². The Kier molecular flexibility index (Phi) is 4.56. The van der Waals surface area contributed by atoms with Gasteiger partial charge in [-0.3, -0.25) is 9.78 Å². The van der Waals surface area contributed by atoms with Crippen molar-refractivity contribution in [1.29, 1.82) is 0 Å². The Balaban J connectivity index is 1.41. The third-order valence-electron chi connectivity index (χ3n) is 5.93. The molecular formula is C23H29N3O3. The molecule has 2 amide bonds. The molecule has 2 heterocycles. The fraction of sp³-hybridized carbons (Fsp3) is 0.522. The molecule has 0 unspecified atom stereocenters. The van der Waals surface area contributed by atoms with Crippen LogP contribution in [0.5, 0.6) is 0 Å². The van der Waals surface area contributed by atoms with E-state index in [1.165, 1.54) is 0 Å². The van der Waals surface area contributed by atoms with E-state index in [1.54, 1.807) is 4.90 Å². The minimum absolute atomic E-state index is 0.0316. The van der Waals surface area contributed by atoms with Crippen LogP contribution in [0, 0.1) is 17.8 Å². The lowest BCUT2D eigenvalue weighted by atomic mass is 9.91. The number of nitrogens with zero attached hydrogens (tertiary/aromatic N) is 2. The molecule has 1 saturated heterocycles. The van der Waals surface area contributed by atoms with Gasteiger partial charge in [0.15, 0.2) is 0 Å². The van der Waals surface area contributed by atoms with E-state index in [4.69, 9.17) is 4.74 Å². The van der Waals surface area contributed by atoms with Gasteiger partial charge in [-0.2, -0.15) is 0 Å². The summed E-state index contributed by atoms with van der Waals surface area (Å²) in [6, 6.07) is 8.08. The number of hydrogen-bond donors (Lipinski definition) is 1. The number of aromatic nitrogens is 1. The predicted octanol–water partition coefficient (Wildman–Crippen LogP) is 3.70. The number of nitrogens with one attached hydrogen (secondary N) is 1. The van der Waals surface area contributed by atoms with Gasteiger partial charge in [0.2, 0.25) is 5.91 Å². The molecule has 1 aliphatic carbocycles. The van der Waals surface area contributed by atoms with Gasteiger partial charge in [-0.05, 0) is 51.8 Å². The Labute approximate surface area is 171 Å². The summed E-state index contributed by atoms with van der Waals surface area (Å²) < 4.78 is 5.45. The van der Waals surface area contributed by atoms with Crippen molar-refractivity contribution in [3.05, 3.63) is 42.2 Å².